The maximum absolute atomic E-state index is 13.0. The molecule has 158 valence electrons. The second kappa shape index (κ2) is 9.49. The molecule has 7 heteroatoms. The zero-order valence-corrected chi connectivity index (χ0v) is 17.6. The number of carbonyl (C=O) groups excluding carboxylic acids is 2. The Balaban J connectivity index is 1.39. The van der Waals surface area contributed by atoms with Crippen molar-refractivity contribution in [3.8, 4) is 0 Å². The summed E-state index contributed by atoms with van der Waals surface area (Å²) < 4.78 is 5.43. The Morgan fingerprint density at radius 1 is 1.13 bits per heavy atom. The maximum Gasteiger partial charge on any atom is 0.229 e. The van der Waals surface area contributed by atoms with Crippen molar-refractivity contribution in [3.63, 3.8) is 0 Å². The minimum absolute atomic E-state index is 0.0329. The van der Waals surface area contributed by atoms with Crippen LogP contribution >= 0.6 is 11.6 Å². The molecule has 0 aromatic heterocycles. The van der Waals surface area contributed by atoms with Gasteiger partial charge in [-0.15, -0.1) is 0 Å². The highest BCUT2D eigenvalue weighted by molar-refractivity contribution is 6.31. The van der Waals surface area contributed by atoms with Gasteiger partial charge in [0.15, 0.2) is 0 Å². The van der Waals surface area contributed by atoms with Crippen LogP contribution in [0.15, 0.2) is 48.5 Å². The van der Waals surface area contributed by atoms with E-state index in [0.717, 1.165) is 25.2 Å². The van der Waals surface area contributed by atoms with Gasteiger partial charge in [-0.1, -0.05) is 41.9 Å². The number of hydrogen-bond acceptors (Lipinski definition) is 4. The van der Waals surface area contributed by atoms with Crippen molar-refractivity contribution in [1.82, 2.24) is 4.90 Å². The van der Waals surface area contributed by atoms with Crippen LogP contribution in [-0.4, -0.2) is 56.1 Å². The van der Waals surface area contributed by atoms with Crippen LogP contribution in [0.3, 0.4) is 0 Å². The summed E-state index contributed by atoms with van der Waals surface area (Å²) in [5.74, 6) is -0.460. The monoisotopic (exact) mass is 427 g/mol. The van der Waals surface area contributed by atoms with E-state index in [0.29, 0.717) is 37.0 Å². The molecule has 4 rings (SSSR count). The highest BCUT2D eigenvalue weighted by Gasteiger charge is 2.34. The molecule has 1 N–H and O–H groups in total. The van der Waals surface area contributed by atoms with E-state index in [1.165, 1.54) is 5.56 Å². The fraction of sp³-hybridized carbons (Fsp3) is 0.391. The Labute approximate surface area is 181 Å². The van der Waals surface area contributed by atoms with Crippen LogP contribution in [0.2, 0.25) is 5.02 Å². The molecule has 0 spiro atoms. The molecule has 1 atom stereocenters. The van der Waals surface area contributed by atoms with Crippen molar-refractivity contribution < 1.29 is 14.3 Å². The lowest BCUT2D eigenvalue weighted by Crippen LogP contribution is -2.37. The van der Waals surface area contributed by atoms with E-state index in [1.54, 1.807) is 11.0 Å². The number of halogens is 1. The molecule has 2 saturated heterocycles. The number of amides is 2. The molecule has 2 aliphatic rings. The average Bonchev–Trinajstić information content (AvgIpc) is 3.14. The van der Waals surface area contributed by atoms with E-state index in [1.807, 2.05) is 30.3 Å². The predicted octanol–water partition coefficient (Wildman–Crippen LogP) is 3.21. The van der Waals surface area contributed by atoms with E-state index < -0.39 is 0 Å². The summed E-state index contributed by atoms with van der Waals surface area (Å²) in [5, 5.41) is 3.58. The first-order chi connectivity index (χ1) is 14.6. The Hall–Kier alpha value is -2.57. The Kier molecular flexibility index (Phi) is 6.55. The first-order valence-electron chi connectivity index (χ1n) is 10.3. The van der Waals surface area contributed by atoms with Gasteiger partial charge in [-0.2, -0.15) is 0 Å². The lowest BCUT2D eigenvalue weighted by atomic mass is 10.1. The number of benzene rings is 2. The van der Waals surface area contributed by atoms with Crippen LogP contribution in [-0.2, 0) is 20.7 Å². The van der Waals surface area contributed by atoms with Crippen LogP contribution in [0, 0.1) is 5.92 Å². The highest BCUT2D eigenvalue weighted by Crippen LogP contribution is 2.31. The number of ether oxygens (including phenoxy) is 1. The fourth-order valence-electron chi connectivity index (χ4n) is 4.00. The molecule has 30 heavy (non-hydrogen) atoms. The predicted molar refractivity (Wildman–Crippen MR) is 118 cm³/mol. The second-order valence-electron chi connectivity index (χ2n) is 7.73. The zero-order chi connectivity index (χ0) is 20.9. The molecule has 2 amide bonds. The van der Waals surface area contributed by atoms with Gasteiger partial charge in [0, 0.05) is 37.6 Å². The molecule has 0 radical (unpaired) electrons. The van der Waals surface area contributed by atoms with Crippen molar-refractivity contribution in [3.05, 3.63) is 59.1 Å². The molecule has 2 aliphatic heterocycles. The quantitative estimate of drug-likeness (QED) is 0.769. The summed E-state index contributed by atoms with van der Waals surface area (Å²) in [6, 6.07) is 15.6. The van der Waals surface area contributed by atoms with Gasteiger partial charge in [-0.3, -0.25) is 9.59 Å². The van der Waals surface area contributed by atoms with Gasteiger partial charge in [0.05, 0.1) is 30.5 Å². The third-order valence-corrected chi connectivity index (χ3v) is 5.90. The molecular formula is C23H26ClN3O3. The van der Waals surface area contributed by atoms with Crippen molar-refractivity contribution in [2.24, 2.45) is 5.92 Å². The molecule has 6 nitrogen and oxygen atoms in total. The van der Waals surface area contributed by atoms with E-state index in [2.05, 4.69) is 22.3 Å². The van der Waals surface area contributed by atoms with E-state index in [9.17, 15) is 9.59 Å². The largest absolute Gasteiger partial charge is 0.378 e. The van der Waals surface area contributed by atoms with Crippen LogP contribution in [0.5, 0.6) is 0 Å². The number of likely N-dealkylation sites (tertiary alicyclic amines) is 1. The average molecular weight is 428 g/mol. The molecule has 0 bridgehead atoms. The summed E-state index contributed by atoms with van der Waals surface area (Å²) in [6.07, 6.45) is 1.03. The van der Waals surface area contributed by atoms with Gasteiger partial charge in [0.2, 0.25) is 11.8 Å². The van der Waals surface area contributed by atoms with Gasteiger partial charge in [-0.05, 0) is 30.2 Å². The van der Waals surface area contributed by atoms with E-state index >= 15 is 0 Å². The topological polar surface area (TPSA) is 61.9 Å². The lowest BCUT2D eigenvalue weighted by Gasteiger charge is -2.30. The Morgan fingerprint density at radius 2 is 1.90 bits per heavy atom. The summed E-state index contributed by atoms with van der Waals surface area (Å²) in [6.45, 7) is 3.92. The molecule has 2 fully saturated rings. The summed E-state index contributed by atoms with van der Waals surface area (Å²) in [4.78, 5) is 29.4. The molecule has 2 aromatic carbocycles. The zero-order valence-electron chi connectivity index (χ0n) is 16.9. The lowest BCUT2D eigenvalue weighted by molar-refractivity contribution is -0.128. The minimum Gasteiger partial charge on any atom is -0.378 e. The van der Waals surface area contributed by atoms with Crippen LogP contribution < -0.4 is 10.2 Å². The Morgan fingerprint density at radius 3 is 2.67 bits per heavy atom. The van der Waals surface area contributed by atoms with Crippen molar-refractivity contribution >= 4 is 34.8 Å². The minimum atomic E-state index is -0.357. The first kappa shape index (κ1) is 20.7. The van der Waals surface area contributed by atoms with Crippen molar-refractivity contribution in [2.45, 2.75) is 12.8 Å². The number of nitrogens with one attached hydrogen (secondary N) is 1. The van der Waals surface area contributed by atoms with Crippen LogP contribution in [0.25, 0.3) is 0 Å². The van der Waals surface area contributed by atoms with Gasteiger partial charge < -0.3 is 19.9 Å². The van der Waals surface area contributed by atoms with Crippen molar-refractivity contribution in [1.29, 1.82) is 0 Å². The van der Waals surface area contributed by atoms with Gasteiger partial charge in [0.25, 0.3) is 0 Å². The molecule has 2 heterocycles. The van der Waals surface area contributed by atoms with E-state index in [4.69, 9.17) is 16.3 Å². The standard InChI is InChI=1S/C23H26ClN3O3/c24-19-6-7-21(26-10-12-30-13-11-26)20(15-19)25-23(29)18-14-22(28)27(16-18)9-8-17-4-2-1-3-5-17/h1-7,15,18H,8-14,16H2,(H,25,29). The SMILES string of the molecule is O=C(Nc1cc(Cl)ccc1N1CCOCC1)C1CC(=O)N(CCc2ccccc2)C1. The summed E-state index contributed by atoms with van der Waals surface area (Å²) >= 11 is 6.19. The first-order valence-corrected chi connectivity index (χ1v) is 10.7. The number of carbonyl (C=O) groups is 2. The maximum atomic E-state index is 13.0. The molecule has 0 aliphatic carbocycles. The summed E-state index contributed by atoms with van der Waals surface area (Å²) in [7, 11) is 0. The number of rotatable bonds is 6. The molecule has 1 unspecified atom stereocenters. The normalized spacial score (nSPS) is 19.2. The van der Waals surface area contributed by atoms with Crippen molar-refractivity contribution in [2.75, 3.05) is 49.6 Å². The second-order valence-corrected chi connectivity index (χ2v) is 8.16. The summed E-state index contributed by atoms with van der Waals surface area (Å²) in [5.41, 5.74) is 2.80. The fourth-order valence-corrected chi connectivity index (χ4v) is 4.17. The number of morpholine rings is 1. The van der Waals surface area contributed by atoms with Gasteiger partial charge in [-0.25, -0.2) is 0 Å². The number of nitrogens with zero attached hydrogens (tertiary/aromatic N) is 2. The molecule has 0 saturated carbocycles. The molecular weight excluding hydrogens is 402 g/mol. The molecule has 2 aromatic rings. The third-order valence-electron chi connectivity index (χ3n) is 5.67. The van der Waals surface area contributed by atoms with Crippen LogP contribution in [0.4, 0.5) is 11.4 Å². The van der Waals surface area contributed by atoms with Gasteiger partial charge in [0.1, 0.15) is 0 Å². The highest BCUT2D eigenvalue weighted by atomic mass is 35.5. The van der Waals surface area contributed by atoms with E-state index in [-0.39, 0.29) is 24.2 Å². The number of hydrogen-bond donors (Lipinski definition) is 1. The van der Waals surface area contributed by atoms with Gasteiger partial charge >= 0.3 is 0 Å². The van der Waals surface area contributed by atoms with Crippen LogP contribution in [0.1, 0.15) is 12.0 Å². The Bertz CT molecular complexity index is 900. The third kappa shape index (κ3) is 4.94. The smallest absolute Gasteiger partial charge is 0.229 e. The number of anilines is 2.